The van der Waals surface area contributed by atoms with Gasteiger partial charge in [-0.2, -0.15) is 0 Å². The molecule has 0 aliphatic heterocycles. The first kappa shape index (κ1) is 20.6. The summed E-state index contributed by atoms with van der Waals surface area (Å²) in [6, 6.07) is -0.813. The van der Waals surface area contributed by atoms with Gasteiger partial charge in [-0.05, 0) is 41.5 Å². The molecule has 2 N–H and O–H groups in total. The summed E-state index contributed by atoms with van der Waals surface area (Å²) >= 11 is 0. The highest BCUT2D eigenvalue weighted by atomic mass is 19.1. The summed E-state index contributed by atoms with van der Waals surface area (Å²) in [7, 11) is 0. The van der Waals surface area contributed by atoms with E-state index in [1.54, 1.807) is 41.5 Å². The fourth-order valence-electron chi connectivity index (χ4n) is 1.64. The van der Waals surface area contributed by atoms with Gasteiger partial charge >= 0.3 is 12.1 Å². The number of halogens is 1. The number of carbonyl (C=O) groups is 2. The first-order valence-corrected chi connectivity index (χ1v) is 7.28. The van der Waals surface area contributed by atoms with Gasteiger partial charge in [0.15, 0.2) is 0 Å². The van der Waals surface area contributed by atoms with Crippen LogP contribution in [0.4, 0.5) is 9.18 Å². The van der Waals surface area contributed by atoms with Gasteiger partial charge in [-0.15, -0.1) is 0 Å². The number of aliphatic hydroxyl groups is 1. The highest BCUT2D eigenvalue weighted by Crippen LogP contribution is 2.14. The van der Waals surface area contributed by atoms with E-state index in [0.29, 0.717) is 0 Å². The maximum absolute atomic E-state index is 13.4. The van der Waals surface area contributed by atoms with Gasteiger partial charge in [-0.25, -0.2) is 9.18 Å². The molecule has 1 unspecified atom stereocenters. The lowest BCUT2D eigenvalue weighted by Gasteiger charge is -2.25. The highest BCUT2D eigenvalue weighted by molar-refractivity contribution is 5.73. The lowest BCUT2D eigenvalue weighted by atomic mass is 10.1. The molecule has 0 fully saturated rings. The zero-order valence-electron chi connectivity index (χ0n) is 14.2. The normalized spacial score (nSPS) is 14.9. The minimum Gasteiger partial charge on any atom is -0.460 e. The van der Waals surface area contributed by atoms with Gasteiger partial charge < -0.3 is 19.9 Å². The average molecular weight is 321 g/mol. The smallest absolute Gasteiger partial charge is 0.407 e. The van der Waals surface area contributed by atoms with Gasteiger partial charge in [-0.3, -0.25) is 4.79 Å². The highest BCUT2D eigenvalue weighted by Gasteiger charge is 2.26. The summed E-state index contributed by atoms with van der Waals surface area (Å²) in [4.78, 5) is 23.5. The van der Waals surface area contributed by atoms with Crippen molar-refractivity contribution in [1.29, 1.82) is 0 Å². The molecular weight excluding hydrogens is 293 g/mol. The molecule has 0 heterocycles. The van der Waals surface area contributed by atoms with Crippen LogP contribution in [0, 0.1) is 0 Å². The Hall–Kier alpha value is -1.37. The summed E-state index contributed by atoms with van der Waals surface area (Å²) in [5.41, 5.74) is -1.37. The summed E-state index contributed by atoms with van der Waals surface area (Å²) in [5.74, 6) is -0.557. The van der Waals surface area contributed by atoms with Crippen molar-refractivity contribution in [3.8, 4) is 0 Å². The lowest BCUT2D eigenvalue weighted by Crippen LogP contribution is -2.42. The molecule has 0 aromatic heterocycles. The predicted molar refractivity (Wildman–Crippen MR) is 80.2 cm³/mol. The first-order valence-electron chi connectivity index (χ1n) is 7.28. The van der Waals surface area contributed by atoms with Gasteiger partial charge in [0, 0.05) is 12.5 Å². The van der Waals surface area contributed by atoms with Crippen LogP contribution in [-0.4, -0.2) is 47.2 Å². The Kier molecular flexibility index (Phi) is 7.79. The second-order valence-electron chi connectivity index (χ2n) is 7.15. The molecule has 0 aromatic rings. The Balaban J connectivity index is 4.69. The van der Waals surface area contributed by atoms with Crippen LogP contribution < -0.4 is 5.32 Å². The van der Waals surface area contributed by atoms with E-state index in [-0.39, 0.29) is 12.8 Å². The van der Waals surface area contributed by atoms with Crippen LogP contribution >= 0.6 is 0 Å². The second-order valence-corrected chi connectivity index (χ2v) is 7.15. The van der Waals surface area contributed by atoms with Crippen molar-refractivity contribution in [3.05, 3.63) is 0 Å². The van der Waals surface area contributed by atoms with Crippen LogP contribution in [-0.2, 0) is 14.3 Å². The van der Waals surface area contributed by atoms with Gasteiger partial charge in [0.25, 0.3) is 0 Å². The molecular formula is C15H28FNO5. The third kappa shape index (κ3) is 11.3. The zero-order chi connectivity index (χ0) is 17.6. The van der Waals surface area contributed by atoms with Gasteiger partial charge in [-0.1, -0.05) is 0 Å². The van der Waals surface area contributed by atoms with Crippen LogP contribution in [0.3, 0.4) is 0 Å². The quantitative estimate of drug-likeness (QED) is 0.734. The van der Waals surface area contributed by atoms with E-state index >= 15 is 0 Å². The summed E-state index contributed by atoms with van der Waals surface area (Å²) < 4.78 is 23.6. The standard InChI is InChI=1S/C15H28FNO5/c1-14(2,3)21-12(19)8-11(7-10(16)9-18)17-13(20)22-15(4,5)6/h10-11,18H,7-9H2,1-6H3,(H,17,20)/t10?,11-/m0/s1. The molecule has 0 aromatic carbocycles. The predicted octanol–water partition coefficient (Wildman–Crippen LogP) is 2.33. The monoisotopic (exact) mass is 321 g/mol. The second kappa shape index (κ2) is 8.31. The number of ether oxygens (including phenoxy) is 2. The van der Waals surface area contributed by atoms with E-state index < -0.39 is 42.1 Å². The maximum atomic E-state index is 13.4. The van der Waals surface area contributed by atoms with Crippen molar-refractivity contribution in [2.75, 3.05) is 6.61 Å². The topological polar surface area (TPSA) is 84.9 Å². The van der Waals surface area contributed by atoms with Gasteiger partial charge in [0.2, 0.25) is 0 Å². The number of esters is 1. The fourth-order valence-corrected chi connectivity index (χ4v) is 1.64. The molecule has 0 bridgehead atoms. The number of rotatable bonds is 6. The number of hydrogen-bond donors (Lipinski definition) is 2. The molecule has 0 saturated heterocycles. The molecule has 7 heteroatoms. The van der Waals surface area contributed by atoms with Crippen molar-refractivity contribution >= 4 is 12.1 Å². The summed E-state index contributed by atoms with van der Waals surface area (Å²) in [6.45, 7) is 9.55. The third-order valence-corrected chi connectivity index (χ3v) is 2.29. The van der Waals surface area contributed by atoms with Crippen molar-refractivity contribution in [1.82, 2.24) is 5.32 Å². The Morgan fingerprint density at radius 3 is 2.00 bits per heavy atom. The molecule has 0 radical (unpaired) electrons. The molecule has 1 amide bonds. The van der Waals surface area contributed by atoms with Crippen LogP contribution in [0.25, 0.3) is 0 Å². The molecule has 130 valence electrons. The van der Waals surface area contributed by atoms with E-state index in [4.69, 9.17) is 14.6 Å². The molecule has 6 nitrogen and oxygen atoms in total. The molecule has 0 saturated carbocycles. The number of hydrogen-bond acceptors (Lipinski definition) is 5. The number of carbonyl (C=O) groups excluding carboxylic acids is 2. The van der Waals surface area contributed by atoms with Crippen molar-refractivity contribution < 1.29 is 28.6 Å². The Morgan fingerprint density at radius 1 is 1.09 bits per heavy atom. The van der Waals surface area contributed by atoms with Crippen molar-refractivity contribution in [2.45, 2.75) is 77.8 Å². The van der Waals surface area contributed by atoms with E-state index in [2.05, 4.69) is 5.32 Å². The van der Waals surface area contributed by atoms with Crippen LogP contribution in [0.15, 0.2) is 0 Å². The molecule has 0 rings (SSSR count). The van der Waals surface area contributed by atoms with Gasteiger partial charge in [0.05, 0.1) is 13.0 Å². The van der Waals surface area contributed by atoms with E-state index in [1.807, 2.05) is 0 Å². The van der Waals surface area contributed by atoms with E-state index in [9.17, 15) is 14.0 Å². The molecule has 22 heavy (non-hydrogen) atoms. The number of amides is 1. The Labute approximate surface area is 131 Å². The molecule has 0 spiro atoms. The Bertz CT molecular complexity index is 343. The van der Waals surface area contributed by atoms with E-state index in [0.717, 1.165) is 0 Å². The zero-order valence-corrected chi connectivity index (χ0v) is 14.2. The third-order valence-electron chi connectivity index (χ3n) is 2.29. The lowest BCUT2D eigenvalue weighted by molar-refractivity contribution is -0.155. The maximum Gasteiger partial charge on any atom is 0.407 e. The van der Waals surface area contributed by atoms with Crippen molar-refractivity contribution in [3.63, 3.8) is 0 Å². The minimum absolute atomic E-state index is 0.197. The first-order chi connectivity index (χ1) is 9.82. The van der Waals surface area contributed by atoms with Crippen molar-refractivity contribution in [2.24, 2.45) is 0 Å². The minimum atomic E-state index is -1.54. The SMILES string of the molecule is CC(C)(C)OC(=O)C[C@H](CC(F)CO)NC(=O)OC(C)(C)C. The van der Waals surface area contributed by atoms with Gasteiger partial charge in [0.1, 0.15) is 17.4 Å². The van der Waals surface area contributed by atoms with Crippen LogP contribution in [0.1, 0.15) is 54.4 Å². The summed E-state index contributed by atoms with van der Waals surface area (Å²) in [6.07, 6.45) is -2.68. The molecule has 0 aliphatic carbocycles. The summed E-state index contributed by atoms with van der Waals surface area (Å²) in [5, 5.41) is 11.2. The number of aliphatic hydroxyl groups excluding tert-OH is 1. The number of alkyl carbamates (subject to hydrolysis) is 1. The number of alkyl halides is 1. The molecule has 2 atom stereocenters. The number of nitrogens with one attached hydrogen (secondary N) is 1. The van der Waals surface area contributed by atoms with E-state index in [1.165, 1.54) is 0 Å². The average Bonchev–Trinajstić information content (AvgIpc) is 2.22. The van der Waals surface area contributed by atoms with Crippen LogP contribution in [0.5, 0.6) is 0 Å². The largest absolute Gasteiger partial charge is 0.460 e. The van der Waals surface area contributed by atoms with Crippen LogP contribution in [0.2, 0.25) is 0 Å². The fraction of sp³-hybridized carbons (Fsp3) is 0.867. The Morgan fingerprint density at radius 2 is 1.59 bits per heavy atom. The molecule has 0 aliphatic rings.